The lowest BCUT2D eigenvalue weighted by atomic mass is 10.2. The Kier molecular flexibility index (Phi) is 9.72. The van der Waals surface area contributed by atoms with Crippen molar-refractivity contribution >= 4 is 5.96 Å². The van der Waals surface area contributed by atoms with Crippen LogP contribution in [0.1, 0.15) is 26.3 Å². The van der Waals surface area contributed by atoms with Gasteiger partial charge in [0.25, 0.3) is 0 Å². The molecule has 0 saturated heterocycles. The number of ether oxygens (including phenoxy) is 2. The molecule has 0 bridgehead atoms. The molecule has 0 radical (unpaired) electrons. The summed E-state index contributed by atoms with van der Waals surface area (Å²) in [6, 6.07) is 5.06. The van der Waals surface area contributed by atoms with Crippen LogP contribution >= 0.6 is 0 Å². The van der Waals surface area contributed by atoms with Crippen molar-refractivity contribution in [1.29, 1.82) is 0 Å². The van der Waals surface area contributed by atoms with E-state index in [0.29, 0.717) is 23.3 Å². The Morgan fingerprint density at radius 2 is 1.92 bits per heavy atom. The van der Waals surface area contributed by atoms with Crippen molar-refractivity contribution in [3.63, 3.8) is 0 Å². The summed E-state index contributed by atoms with van der Waals surface area (Å²) in [6.45, 7) is 6.46. The summed E-state index contributed by atoms with van der Waals surface area (Å²) in [5, 5.41) is 6.38. The first kappa shape index (κ1) is 22.0. The number of nitrogens with zero attached hydrogens (tertiary/aromatic N) is 2. The van der Waals surface area contributed by atoms with Gasteiger partial charge in [0.15, 0.2) is 5.96 Å². The third-order valence-electron chi connectivity index (χ3n) is 4.15. The molecule has 0 fully saturated rings. The number of rotatable bonds is 10. The van der Waals surface area contributed by atoms with E-state index < -0.39 is 6.61 Å². The van der Waals surface area contributed by atoms with Crippen LogP contribution in [0.4, 0.5) is 8.78 Å². The van der Waals surface area contributed by atoms with Crippen molar-refractivity contribution in [2.45, 2.75) is 40.0 Å². The summed E-state index contributed by atoms with van der Waals surface area (Å²) in [5.41, 5.74) is 0.560. The van der Waals surface area contributed by atoms with E-state index in [9.17, 15) is 8.78 Å². The van der Waals surface area contributed by atoms with Crippen molar-refractivity contribution in [3.8, 4) is 11.5 Å². The molecule has 6 nitrogen and oxygen atoms in total. The van der Waals surface area contributed by atoms with Crippen LogP contribution in [0.2, 0.25) is 0 Å². The Balaban J connectivity index is 2.70. The van der Waals surface area contributed by atoms with Gasteiger partial charge in [-0.2, -0.15) is 8.78 Å². The van der Waals surface area contributed by atoms with Crippen LogP contribution in [0.5, 0.6) is 11.5 Å². The number of halogens is 2. The second-order valence-corrected chi connectivity index (χ2v) is 5.73. The molecule has 1 unspecified atom stereocenters. The lowest BCUT2D eigenvalue weighted by molar-refractivity contribution is -0.0504. The van der Waals surface area contributed by atoms with E-state index in [-0.39, 0.29) is 12.3 Å². The van der Waals surface area contributed by atoms with Crippen LogP contribution in [-0.4, -0.2) is 57.3 Å². The highest BCUT2D eigenvalue weighted by Gasteiger charge is 2.13. The molecular weight excluding hydrogens is 342 g/mol. The summed E-state index contributed by atoms with van der Waals surface area (Å²) < 4.78 is 34.9. The van der Waals surface area contributed by atoms with E-state index in [2.05, 4.69) is 46.0 Å². The van der Waals surface area contributed by atoms with E-state index in [4.69, 9.17) is 4.74 Å². The quantitative estimate of drug-likeness (QED) is 0.489. The maximum atomic E-state index is 12.6. The molecule has 0 saturated carbocycles. The van der Waals surface area contributed by atoms with Gasteiger partial charge in [0.1, 0.15) is 11.5 Å². The normalized spacial score (nSPS) is 13.0. The summed E-state index contributed by atoms with van der Waals surface area (Å²) in [5.74, 6) is 1.27. The number of hydrogen-bond acceptors (Lipinski definition) is 4. The van der Waals surface area contributed by atoms with Crippen molar-refractivity contribution in [2.75, 3.05) is 33.8 Å². The summed E-state index contributed by atoms with van der Waals surface area (Å²) in [4.78, 5) is 6.51. The minimum absolute atomic E-state index is 0.111. The average molecular weight is 372 g/mol. The van der Waals surface area contributed by atoms with Crippen LogP contribution in [0, 0.1) is 0 Å². The predicted octanol–water partition coefficient (Wildman–Crippen LogP) is 2.69. The highest BCUT2D eigenvalue weighted by molar-refractivity contribution is 5.79. The maximum Gasteiger partial charge on any atom is 0.387 e. The summed E-state index contributed by atoms with van der Waals surface area (Å²) in [7, 11) is 3.19. The van der Waals surface area contributed by atoms with Gasteiger partial charge in [0, 0.05) is 31.7 Å². The molecule has 1 aromatic carbocycles. The molecule has 2 N–H and O–H groups in total. The van der Waals surface area contributed by atoms with Gasteiger partial charge in [-0.15, -0.1) is 0 Å². The molecule has 0 aromatic heterocycles. The molecule has 1 atom stereocenters. The number of alkyl halides is 2. The van der Waals surface area contributed by atoms with Gasteiger partial charge < -0.3 is 20.1 Å². The smallest absolute Gasteiger partial charge is 0.387 e. The Morgan fingerprint density at radius 1 is 1.23 bits per heavy atom. The maximum absolute atomic E-state index is 12.6. The number of hydrogen-bond donors (Lipinski definition) is 2. The van der Waals surface area contributed by atoms with Gasteiger partial charge in [-0.25, -0.2) is 0 Å². The Hall–Kier alpha value is -2.09. The summed E-state index contributed by atoms with van der Waals surface area (Å²) in [6.07, 6.45) is 0. The van der Waals surface area contributed by atoms with Crippen molar-refractivity contribution in [3.05, 3.63) is 23.8 Å². The first-order chi connectivity index (χ1) is 12.4. The molecular formula is C18H30F2N4O2. The van der Waals surface area contributed by atoms with Gasteiger partial charge in [0.2, 0.25) is 0 Å². The second kappa shape index (κ2) is 11.5. The molecule has 0 aliphatic rings. The summed E-state index contributed by atoms with van der Waals surface area (Å²) >= 11 is 0. The molecule has 0 aliphatic carbocycles. The topological polar surface area (TPSA) is 58.1 Å². The van der Waals surface area contributed by atoms with E-state index in [1.54, 1.807) is 19.2 Å². The highest BCUT2D eigenvalue weighted by Crippen LogP contribution is 2.25. The van der Waals surface area contributed by atoms with E-state index in [1.165, 1.54) is 13.2 Å². The minimum Gasteiger partial charge on any atom is -0.497 e. The number of guanidine groups is 1. The van der Waals surface area contributed by atoms with Crippen molar-refractivity contribution in [2.24, 2.45) is 4.99 Å². The fraction of sp³-hybridized carbons (Fsp3) is 0.611. The number of benzene rings is 1. The number of methoxy groups -OCH3 is 1. The van der Waals surface area contributed by atoms with Crippen LogP contribution < -0.4 is 20.1 Å². The van der Waals surface area contributed by atoms with Gasteiger partial charge in [-0.05, 0) is 38.2 Å². The van der Waals surface area contributed by atoms with Crippen LogP contribution in [-0.2, 0) is 6.54 Å². The number of aliphatic imine (C=N–C) groups is 1. The van der Waals surface area contributed by atoms with Crippen molar-refractivity contribution < 1.29 is 18.3 Å². The fourth-order valence-corrected chi connectivity index (χ4v) is 2.65. The molecule has 26 heavy (non-hydrogen) atoms. The first-order valence-corrected chi connectivity index (χ1v) is 8.75. The standard InChI is InChI=1S/C18H30F2N4O2/c1-6-24(7-2)13(3)11-22-18(21-4)23-12-14-10-15(25-5)8-9-16(14)26-17(19)20/h8-10,13,17H,6-7,11-12H2,1-5H3,(H2,21,22,23). The molecule has 1 aromatic rings. The Labute approximate surface area is 154 Å². The van der Waals surface area contributed by atoms with Crippen LogP contribution in [0.25, 0.3) is 0 Å². The lowest BCUT2D eigenvalue weighted by Gasteiger charge is -2.27. The Bertz CT molecular complexity index is 566. The average Bonchev–Trinajstić information content (AvgIpc) is 2.63. The molecule has 0 amide bonds. The van der Waals surface area contributed by atoms with E-state index >= 15 is 0 Å². The SMILES string of the molecule is CCN(CC)C(C)CNC(=NC)NCc1cc(OC)ccc1OC(F)F. The Morgan fingerprint density at radius 3 is 2.46 bits per heavy atom. The van der Waals surface area contributed by atoms with Gasteiger partial charge in [-0.3, -0.25) is 9.89 Å². The zero-order valence-electron chi connectivity index (χ0n) is 16.2. The highest BCUT2D eigenvalue weighted by atomic mass is 19.3. The van der Waals surface area contributed by atoms with Crippen LogP contribution in [0.3, 0.4) is 0 Å². The van der Waals surface area contributed by atoms with E-state index in [0.717, 1.165) is 19.6 Å². The zero-order valence-corrected chi connectivity index (χ0v) is 16.2. The predicted molar refractivity (Wildman–Crippen MR) is 100 cm³/mol. The third-order valence-corrected chi connectivity index (χ3v) is 4.15. The number of nitrogens with one attached hydrogen (secondary N) is 2. The molecule has 0 aliphatic heterocycles. The molecule has 8 heteroatoms. The third kappa shape index (κ3) is 7.03. The molecule has 0 spiro atoms. The largest absolute Gasteiger partial charge is 0.497 e. The van der Waals surface area contributed by atoms with Gasteiger partial charge >= 0.3 is 6.61 Å². The fourth-order valence-electron chi connectivity index (χ4n) is 2.65. The minimum atomic E-state index is -2.88. The zero-order chi connectivity index (χ0) is 19.5. The first-order valence-electron chi connectivity index (χ1n) is 8.75. The van der Waals surface area contributed by atoms with Gasteiger partial charge in [0.05, 0.1) is 7.11 Å². The second-order valence-electron chi connectivity index (χ2n) is 5.73. The molecule has 1 rings (SSSR count). The van der Waals surface area contributed by atoms with Gasteiger partial charge in [-0.1, -0.05) is 13.8 Å². The van der Waals surface area contributed by atoms with Crippen LogP contribution in [0.15, 0.2) is 23.2 Å². The van der Waals surface area contributed by atoms with Crippen molar-refractivity contribution in [1.82, 2.24) is 15.5 Å². The lowest BCUT2D eigenvalue weighted by Crippen LogP contribution is -2.45. The molecule has 148 valence electrons. The molecule has 0 heterocycles. The monoisotopic (exact) mass is 372 g/mol. The van der Waals surface area contributed by atoms with E-state index in [1.807, 2.05) is 0 Å². The number of likely N-dealkylation sites (N-methyl/N-ethyl adjacent to an activating group) is 1.